The predicted molar refractivity (Wildman–Crippen MR) is 86.8 cm³/mol. The Balaban J connectivity index is 1.91. The molecule has 2 heterocycles. The summed E-state index contributed by atoms with van der Waals surface area (Å²) in [6, 6.07) is 5.35. The molecule has 3 rings (SSSR count). The molecule has 8 heteroatoms. The molecule has 0 N–H and O–H groups in total. The van der Waals surface area contributed by atoms with Crippen LogP contribution in [0.5, 0.6) is 0 Å². The fraction of sp³-hybridized carbons (Fsp3) is 0.467. The molecule has 1 aromatic heterocycles. The number of nitrogens with zero attached hydrogens (tertiary/aromatic N) is 6. The Bertz CT molecular complexity index is 689. The highest BCUT2D eigenvalue weighted by Gasteiger charge is 2.27. The number of rotatable bonds is 3. The van der Waals surface area contributed by atoms with Crippen molar-refractivity contribution in [2.24, 2.45) is 0 Å². The van der Waals surface area contributed by atoms with Crippen LogP contribution < -0.4 is 0 Å². The monoisotopic (exact) mass is 334 g/mol. The van der Waals surface area contributed by atoms with E-state index in [-0.39, 0.29) is 11.9 Å². The molecule has 7 nitrogen and oxygen atoms in total. The van der Waals surface area contributed by atoms with E-state index in [9.17, 15) is 4.79 Å². The van der Waals surface area contributed by atoms with E-state index >= 15 is 0 Å². The second-order valence-corrected chi connectivity index (χ2v) is 6.33. The van der Waals surface area contributed by atoms with Gasteiger partial charge in [-0.15, -0.1) is 5.10 Å². The van der Waals surface area contributed by atoms with Gasteiger partial charge in [-0.3, -0.25) is 4.79 Å². The summed E-state index contributed by atoms with van der Waals surface area (Å²) in [4.78, 5) is 17.0. The summed E-state index contributed by atoms with van der Waals surface area (Å²) in [5, 5.41) is 11.7. The molecule has 1 atom stereocenters. The fourth-order valence-electron chi connectivity index (χ4n) is 2.96. The number of carbonyl (C=O) groups is 1. The first-order valence-corrected chi connectivity index (χ1v) is 7.92. The molecule has 0 bridgehead atoms. The van der Waals surface area contributed by atoms with Crippen LogP contribution in [0, 0.1) is 0 Å². The van der Waals surface area contributed by atoms with Crippen LogP contribution in [0.3, 0.4) is 0 Å². The molecule has 1 saturated heterocycles. The highest BCUT2D eigenvalue weighted by atomic mass is 35.5. The molecule has 2 aromatic rings. The first-order valence-electron chi connectivity index (χ1n) is 7.55. The first-order chi connectivity index (χ1) is 11.1. The number of hydrogen-bond acceptors (Lipinski definition) is 5. The van der Waals surface area contributed by atoms with E-state index in [1.54, 1.807) is 23.1 Å². The van der Waals surface area contributed by atoms with Crippen molar-refractivity contribution in [2.75, 3.05) is 27.2 Å². The van der Waals surface area contributed by atoms with Crippen LogP contribution >= 0.6 is 11.6 Å². The number of halogens is 1. The van der Waals surface area contributed by atoms with Gasteiger partial charge in [0.05, 0.1) is 11.3 Å². The van der Waals surface area contributed by atoms with Gasteiger partial charge in [0.2, 0.25) is 0 Å². The fourth-order valence-corrected chi connectivity index (χ4v) is 3.13. The predicted octanol–water partition coefficient (Wildman–Crippen LogP) is 1.48. The Morgan fingerprint density at radius 2 is 2.26 bits per heavy atom. The number of likely N-dealkylation sites (N-methyl/N-ethyl adjacent to an activating group) is 2. The smallest absolute Gasteiger partial charge is 0.256 e. The van der Waals surface area contributed by atoms with Crippen LogP contribution in [-0.2, 0) is 0 Å². The number of amides is 1. The molecule has 1 aliphatic rings. The van der Waals surface area contributed by atoms with Crippen molar-refractivity contribution in [3.8, 4) is 5.69 Å². The van der Waals surface area contributed by atoms with Crippen molar-refractivity contribution in [3.05, 3.63) is 35.1 Å². The summed E-state index contributed by atoms with van der Waals surface area (Å²) in [5.74, 6) is -0.0710. The average molecular weight is 335 g/mol. The van der Waals surface area contributed by atoms with Crippen molar-refractivity contribution in [3.63, 3.8) is 0 Å². The van der Waals surface area contributed by atoms with Crippen molar-refractivity contribution in [1.82, 2.24) is 30.0 Å². The van der Waals surface area contributed by atoms with Crippen LogP contribution in [0.2, 0.25) is 5.02 Å². The van der Waals surface area contributed by atoms with Gasteiger partial charge < -0.3 is 9.80 Å². The lowest BCUT2D eigenvalue weighted by molar-refractivity contribution is 0.0644. The standard InChI is InChI=1S/C15H19ClN6O/c1-20-7-3-4-12(9-20)21(2)15(23)13-8-11(16)5-6-14(13)22-10-17-18-19-22/h5-6,8,10,12H,3-4,7,9H2,1-2H3. The Hall–Kier alpha value is -1.99. The minimum atomic E-state index is -0.0710. The molecule has 1 unspecified atom stereocenters. The van der Waals surface area contributed by atoms with Gasteiger partial charge in [-0.05, 0) is 55.1 Å². The average Bonchev–Trinajstić information content (AvgIpc) is 3.07. The zero-order chi connectivity index (χ0) is 16.4. The maximum absolute atomic E-state index is 13.0. The third-order valence-electron chi connectivity index (χ3n) is 4.25. The molecule has 1 aliphatic heterocycles. The number of tetrazole rings is 1. The van der Waals surface area contributed by atoms with Gasteiger partial charge >= 0.3 is 0 Å². The van der Waals surface area contributed by atoms with Gasteiger partial charge in [-0.2, -0.15) is 4.68 Å². The molecule has 122 valence electrons. The highest BCUT2D eigenvalue weighted by molar-refractivity contribution is 6.31. The van der Waals surface area contributed by atoms with E-state index in [1.807, 2.05) is 7.05 Å². The Morgan fingerprint density at radius 3 is 2.96 bits per heavy atom. The molecular weight excluding hydrogens is 316 g/mol. The molecule has 1 amide bonds. The van der Waals surface area contributed by atoms with Gasteiger partial charge in [-0.25, -0.2) is 0 Å². The normalized spacial score (nSPS) is 18.8. The Morgan fingerprint density at radius 1 is 1.43 bits per heavy atom. The lowest BCUT2D eigenvalue weighted by atomic mass is 10.0. The van der Waals surface area contributed by atoms with Crippen molar-refractivity contribution >= 4 is 17.5 Å². The lowest BCUT2D eigenvalue weighted by Crippen LogP contribution is -2.47. The summed E-state index contributed by atoms with van der Waals surface area (Å²) >= 11 is 6.10. The van der Waals surface area contributed by atoms with Crippen LogP contribution in [-0.4, -0.2) is 69.1 Å². The van der Waals surface area contributed by atoms with Crippen molar-refractivity contribution in [1.29, 1.82) is 0 Å². The quantitative estimate of drug-likeness (QED) is 0.850. The van der Waals surface area contributed by atoms with Crippen LogP contribution in [0.4, 0.5) is 0 Å². The molecule has 0 spiro atoms. The molecule has 0 saturated carbocycles. The maximum atomic E-state index is 13.0. The van der Waals surface area contributed by atoms with Crippen LogP contribution in [0.1, 0.15) is 23.2 Å². The van der Waals surface area contributed by atoms with Gasteiger partial charge in [-0.1, -0.05) is 11.6 Å². The topological polar surface area (TPSA) is 67.2 Å². The van der Waals surface area contributed by atoms with Crippen molar-refractivity contribution in [2.45, 2.75) is 18.9 Å². The summed E-state index contributed by atoms with van der Waals surface area (Å²) < 4.78 is 1.48. The number of benzene rings is 1. The van der Waals surface area contributed by atoms with Crippen LogP contribution in [0.25, 0.3) is 5.69 Å². The van der Waals surface area contributed by atoms with Gasteiger partial charge in [0.25, 0.3) is 5.91 Å². The summed E-state index contributed by atoms with van der Waals surface area (Å²) in [5.41, 5.74) is 1.13. The minimum Gasteiger partial charge on any atom is -0.337 e. The summed E-state index contributed by atoms with van der Waals surface area (Å²) in [6.45, 7) is 1.95. The van der Waals surface area contributed by atoms with Gasteiger partial charge in [0.1, 0.15) is 6.33 Å². The Kier molecular flexibility index (Phi) is 4.58. The van der Waals surface area contributed by atoms with Gasteiger partial charge in [0, 0.05) is 24.7 Å². The molecule has 1 aromatic carbocycles. The maximum Gasteiger partial charge on any atom is 0.256 e. The van der Waals surface area contributed by atoms with Gasteiger partial charge in [0.15, 0.2) is 0 Å². The SMILES string of the molecule is CN1CCCC(N(C)C(=O)c2cc(Cl)ccc2-n2cnnn2)C1. The second-order valence-electron chi connectivity index (χ2n) is 5.89. The molecule has 1 fully saturated rings. The summed E-state index contributed by atoms with van der Waals surface area (Å²) in [6.07, 6.45) is 3.57. The number of piperidine rings is 1. The zero-order valence-corrected chi connectivity index (χ0v) is 13.9. The number of carbonyl (C=O) groups excluding carboxylic acids is 1. The molecule has 0 aliphatic carbocycles. The zero-order valence-electron chi connectivity index (χ0n) is 13.2. The van der Waals surface area contributed by atoms with E-state index < -0.39 is 0 Å². The van der Waals surface area contributed by atoms with E-state index in [1.165, 1.54) is 11.0 Å². The number of aromatic nitrogens is 4. The van der Waals surface area contributed by atoms with Crippen molar-refractivity contribution < 1.29 is 4.79 Å². The number of likely N-dealkylation sites (tertiary alicyclic amines) is 1. The third kappa shape index (κ3) is 3.35. The first kappa shape index (κ1) is 15.9. The van der Waals surface area contributed by atoms with E-state index in [0.29, 0.717) is 16.3 Å². The van der Waals surface area contributed by atoms with E-state index in [0.717, 1.165) is 25.9 Å². The molecule has 23 heavy (non-hydrogen) atoms. The highest BCUT2D eigenvalue weighted by Crippen LogP contribution is 2.22. The molecule has 0 radical (unpaired) electrons. The van der Waals surface area contributed by atoms with E-state index in [4.69, 9.17) is 11.6 Å². The second kappa shape index (κ2) is 6.64. The summed E-state index contributed by atoms with van der Waals surface area (Å²) in [7, 11) is 3.92. The van der Waals surface area contributed by atoms with E-state index in [2.05, 4.69) is 27.5 Å². The largest absolute Gasteiger partial charge is 0.337 e. The molecular formula is C15H19ClN6O. The minimum absolute atomic E-state index is 0.0710. The lowest BCUT2D eigenvalue weighted by Gasteiger charge is -2.36. The third-order valence-corrected chi connectivity index (χ3v) is 4.49. The number of hydrogen-bond donors (Lipinski definition) is 0. The van der Waals surface area contributed by atoms with Crippen LogP contribution in [0.15, 0.2) is 24.5 Å². The Labute approximate surface area is 139 Å².